The highest BCUT2D eigenvalue weighted by Crippen LogP contribution is 2.26. The highest BCUT2D eigenvalue weighted by molar-refractivity contribution is 5.75. The van der Waals surface area contributed by atoms with Gasteiger partial charge >= 0.3 is 0 Å². The summed E-state index contributed by atoms with van der Waals surface area (Å²) in [6, 6.07) is 2.42. The minimum atomic E-state index is 0.472. The van der Waals surface area contributed by atoms with Crippen molar-refractivity contribution in [2.75, 3.05) is 39.0 Å². The molecule has 0 bridgehead atoms. The van der Waals surface area contributed by atoms with Crippen molar-refractivity contribution in [2.45, 2.75) is 45.1 Å². The van der Waals surface area contributed by atoms with Gasteiger partial charge in [-0.2, -0.15) is 0 Å². The van der Waals surface area contributed by atoms with Crippen molar-refractivity contribution in [2.24, 2.45) is 5.92 Å². The van der Waals surface area contributed by atoms with Gasteiger partial charge in [0.2, 0.25) is 5.95 Å². The number of nitrogens with zero attached hydrogens (tertiary/aromatic N) is 2. The first-order valence-electron chi connectivity index (χ1n) is 10.8. The minimum Gasteiger partial charge on any atom is -0.394 e. The molecule has 0 amide bonds. The van der Waals surface area contributed by atoms with Crippen molar-refractivity contribution in [3.8, 4) is 0 Å². The van der Waals surface area contributed by atoms with E-state index in [1.54, 1.807) is 0 Å². The predicted molar refractivity (Wildman–Crippen MR) is 124 cm³/mol. The van der Waals surface area contributed by atoms with Crippen LogP contribution < -0.4 is 21.3 Å². The molecule has 0 aliphatic heterocycles. The number of anilines is 1. The Morgan fingerprint density at radius 2 is 2.00 bits per heavy atom. The topological polar surface area (TPSA) is 73.9 Å². The molecule has 6 nitrogen and oxygen atoms in total. The summed E-state index contributed by atoms with van der Waals surface area (Å²) < 4.78 is 0. The summed E-state index contributed by atoms with van der Waals surface area (Å²) >= 11 is 0. The molecule has 1 aliphatic rings. The quantitative estimate of drug-likeness (QED) is 0.320. The Balaban J connectivity index is 2.05. The molecule has 160 valence electrons. The van der Waals surface area contributed by atoms with E-state index in [1.165, 1.54) is 25.7 Å². The maximum absolute atomic E-state index is 4.76. The van der Waals surface area contributed by atoms with Crippen molar-refractivity contribution < 1.29 is 0 Å². The Hall–Kier alpha value is -2.18. The molecular formula is C23H38N6. The van der Waals surface area contributed by atoms with Gasteiger partial charge in [0.15, 0.2) is 0 Å². The SMILES string of the molecule is C=C(/C(=C/C/C=C\NC)CNCCNC)c1ccnc(NC2CCC(C)CC2)n1. The Morgan fingerprint density at radius 1 is 1.21 bits per heavy atom. The number of rotatable bonds is 12. The smallest absolute Gasteiger partial charge is 0.223 e. The lowest BCUT2D eigenvalue weighted by molar-refractivity contribution is 0.360. The summed E-state index contributed by atoms with van der Waals surface area (Å²) in [5.41, 5.74) is 2.99. The van der Waals surface area contributed by atoms with Gasteiger partial charge in [0.05, 0.1) is 5.69 Å². The van der Waals surface area contributed by atoms with Gasteiger partial charge in [-0.25, -0.2) is 9.97 Å². The molecular weight excluding hydrogens is 360 g/mol. The fraction of sp³-hybridized carbons (Fsp3) is 0.565. The van der Waals surface area contributed by atoms with Crippen molar-refractivity contribution in [1.82, 2.24) is 25.9 Å². The second-order valence-corrected chi connectivity index (χ2v) is 7.78. The van der Waals surface area contributed by atoms with Gasteiger partial charge in [-0.15, -0.1) is 0 Å². The Kier molecular flexibility index (Phi) is 10.5. The normalized spacial score (nSPS) is 20.0. The van der Waals surface area contributed by atoms with Crippen molar-refractivity contribution in [3.63, 3.8) is 0 Å². The molecule has 1 heterocycles. The van der Waals surface area contributed by atoms with E-state index in [9.17, 15) is 0 Å². The van der Waals surface area contributed by atoms with E-state index in [2.05, 4.69) is 51.9 Å². The van der Waals surface area contributed by atoms with E-state index >= 15 is 0 Å². The number of allylic oxidation sites excluding steroid dienone is 2. The third-order valence-corrected chi connectivity index (χ3v) is 5.35. The zero-order chi connectivity index (χ0) is 20.9. The van der Waals surface area contributed by atoms with Gasteiger partial charge < -0.3 is 21.3 Å². The molecule has 0 unspecified atom stereocenters. The lowest BCUT2D eigenvalue weighted by atomic mass is 9.87. The summed E-state index contributed by atoms with van der Waals surface area (Å²) in [5.74, 6) is 1.54. The molecule has 0 spiro atoms. The molecule has 0 atom stereocenters. The van der Waals surface area contributed by atoms with Crippen LogP contribution in [-0.4, -0.2) is 49.7 Å². The fourth-order valence-corrected chi connectivity index (χ4v) is 3.48. The molecule has 0 radical (unpaired) electrons. The summed E-state index contributed by atoms with van der Waals surface area (Å²) in [7, 11) is 3.87. The van der Waals surface area contributed by atoms with E-state index in [0.29, 0.717) is 12.0 Å². The maximum atomic E-state index is 4.76. The number of aromatic nitrogens is 2. The van der Waals surface area contributed by atoms with E-state index in [0.717, 1.165) is 48.8 Å². The van der Waals surface area contributed by atoms with Crippen LogP contribution >= 0.6 is 0 Å². The van der Waals surface area contributed by atoms with Crippen LogP contribution in [0.1, 0.15) is 44.7 Å². The maximum Gasteiger partial charge on any atom is 0.223 e. The van der Waals surface area contributed by atoms with Gasteiger partial charge in [-0.1, -0.05) is 25.7 Å². The second-order valence-electron chi connectivity index (χ2n) is 7.78. The summed E-state index contributed by atoms with van der Waals surface area (Å²) in [6.07, 6.45) is 13.8. The molecule has 1 saturated carbocycles. The number of nitrogens with one attached hydrogen (secondary N) is 4. The third-order valence-electron chi connectivity index (χ3n) is 5.35. The lowest BCUT2D eigenvalue weighted by Gasteiger charge is -2.27. The predicted octanol–water partition coefficient (Wildman–Crippen LogP) is 3.34. The standard InChI is InChI=1S/C23H38N6/c1-18-8-10-21(11-9-18)28-23-27-14-12-22(29-23)19(2)20(7-5-6-13-24-3)17-26-16-15-25-4/h6-7,12-14,18,21,24-26H,2,5,8-11,15-17H2,1,3-4H3,(H,27,28,29)/b13-6-,20-7+. The Bertz CT molecular complexity index is 674. The third kappa shape index (κ3) is 8.38. The Morgan fingerprint density at radius 3 is 2.72 bits per heavy atom. The zero-order valence-corrected chi connectivity index (χ0v) is 18.3. The van der Waals surface area contributed by atoms with Gasteiger partial charge in [-0.05, 0) is 68.5 Å². The van der Waals surface area contributed by atoms with Crippen LogP contribution in [0.15, 0.2) is 42.8 Å². The number of hydrogen-bond donors (Lipinski definition) is 4. The van der Waals surface area contributed by atoms with Crippen LogP contribution in [0.5, 0.6) is 0 Å². The largest absolute Gasteiger partial charge is 0.394 e. The molecule has 1 aromatic heterocycles. The zero-order valence-electron chi connectivity index (χ0n) is 18.3. The summed E-state index contributed by atoms with van der Waals surface area (Å²) in [5, 5.41) is 13.2. The summed E-state index contributed by atoms with van der Waals surface area (Å²) in [4.78, 5) is 9.20. The van der Waals surface area contributed by atoms with E-state index in [-0.39, 0.29) is 0 Å². The first-order chi connectivity index (χ1) is 14.1. The van der Waals surface area contributed by atoms with Gasteiger partial charge in [0, 0.05) is 38.9 Å². The molecule has 6 heteroatoms. The second kappa shape index (κ2) is 13.1. The van der Waals surface area contributed by atoms with Gasteiger partial charge in [0.1, 0.15) is 0 Å². The van der Waals surface area contributed by atoms with Crippen molar-refractivity contribution in [3.05, 3.63) is 48.5 Å². The van der Waals surface area contributed by atoms with Crippen molar-refractivity contribution >= 4 is 11.5 Å². The average molecular weight is 399 g/mol. The van der Waals surface area contributed by atoms with Crippen LogP contribution in [-0.2, 0) is 0 Å². The molecule has 0 saturated heterocycles. The van der Waals surface area contributed by atoms with Crippen LogP contribution in [0.2, 0.25) is 0 Å². The highest BCUT2D eigenvalue weighted by atomic mass is 15.1. The van der Waals surface area contributed by atoms with E-state index in [1.807, 2.05) is 32.6 Å². The van der Waals surface area contributed by atoms with E-state index < -0.39 is 0 Å². The minimum absolute atomic E-state index is 0.472. The van der Waals surface area contributed by atoms with Gasteiger partial charge in [-0.3, -0.25) is 0 Å². The van der Waals surface area contributed by atoms with Crippen LogP contribution in [0.25, 0.3) is 5.57 Å². The van der Waals surface area contributed by atoms with Gasteiger partial charge in [0.25, 0.3) is 0 Å². The molecule has 29 heavy (non-hydrogen) atoms. The molecule has 2 rings (SSSR count). The summed E-state index contributed by atoms with van der Waals surface area (Å²) in [6.45, 7) is 9.28. The molecule has 4 N–H and O–H groups in total. The fourth-order valence-electron chi connectivity index (χ4n) is 3.48. The van der Waals surface area contributed by atoms with Crippen LogP contribution in [0.3, 0.4) is 0 Å². The number of hydrogen-bond acceptors (Lipinski definition) is 6. The van der Waals surface area contributed by atoms with Crippen LogP contribution in [0.4, 0.5) is 5.95 Å². The average Bonchev–Trinajstić information content (AvgIpc) is 2.74. The molecule has 1 fully saturated rings. The number of likely N-dealkylation sites (N-methyl/N-ethyl adjacent to an activating group) is 1. The first-order valence-corrected chi connectivity index (χ1v) is 10.8. The highest BCUT2D eigenvalue weighted by Gasteiger charge is 2.19. The molecule has 1 aliphatic carbocycles. The van der Waals surface area contributed by atoms with Crippen LogP contribution in [0, 0.1) is 5.92 Å². The monoisotopic (exact) mass is 398 g/mol. The molecule has 0 aromatic carbocycles. The molecule has 1 aromatic rings. The Labute approximate surface area is 176 Å². The van der Waals surface area contributed by atoms with Crippen molar-refractivity contribution in [1.29, 1.82) is 0 Å². The first kappa shape index (κ1) is 23.1. The van der Waals surface area contributed by atoms with E-state index in [4.69, 9.17) is 4.98 Å². The lowest BCUT2D eigenvalue weighted by Crippen LogP contribution is -2.27.